The van der Waals surface area contributed by atoms with E-state index in [4.69, 9.17) is 16.3 Å². The molecule has 0 spiro atoms. The summed E-state index contributed by atoms with van der Waals surface area (Å²) in [7, 11) is 0. The number of rotatable bonds is 8. The average molecular weight is 462 g/mol. The van der Waals surface area contributed by atoms with E-state index in [9.17, 15) is 9.59 Å². The van der Waals surface area contributed by atoms with Gasteiger partial charge in [0.2, 0.25) is 18.0 Å². The molecule has 2 unspecified atom stereocenters. The van der Waals surface area contributed by atoms with Crippen molar-refractivity contribution in [3.63, 3.8) is 0 Å². The Hall–Kier alpha value is -2.61. The third-order valence-corrected chi connectivity index (χ3v) is 6.12. The van der Waals surface area contributed by atoms with E-state index in [0.29, 0.717) is 30.0 Å². The molecule has 0 bridgehead atoms. The molecule has 8 nitrogen and oxygen atoms in total. The lowest BCUT2D eigenvalue weighted by molar-refractivity contribution is -0.135. The van der Waals surface area contributed by atoms with Crippen molar-refractivity contribution in [1.82, 2.24) is 25.4 Å². The van der Waals surface area contributed by atoms with Crippen LogP contribution < -0.4 is 15.4 Å². The molecule has 174 valence electrons. The summed E-state index contributed by atoms with van der Waals surface area (Å²) in [4.78, 5) is 29.9. The number of hydrogen-bond acceptors (Lipinski definition) is 5. The molecular formula is C23H32ClN5O3. The molecule has 1 aliphatic rings. The van der Waals surface area contributed by atoms with Crippen LogP contribution >= 0.6 is 11.6 Å². The number of carbonyl (C=O) groups excluding carboxylic acids is 2. The van der Waals surface area contributed by atoms with Gasteiger partial charge in [0.25, 0.3) is 0 Å². The molecule has 1 aromatic carbocycles. The summed E-state index contributed by atoms with van der Waals surface area (Å²) in [6, 6.07) is 6.56. The van der Waals surface area contributed by atoms with E-state index in [2.05, 4.69) is 20.7 Å². The first-order chi connectivity index (χ1) is 15.1. The first kappa shape index (κ1) is 24.0. The molecule has 1 heterocycles. The van der Waals surface area contributed by atoms with E-state index in [-0.39, 0.29) is 11.8 Å². The van der Waals surface area contributed by atoms with E-state index >= 15 is 0 Å². The van der Waals surface area contributed by atoms with Crippen LogP contribution in [0.1, 0.15) is 66.0 Å². The Labute approximate surface area is 194 Å². The lowest BCUT2D eigenvalue weighted by atomic mass is 9.84. The van der Waals surface area contributed by atoms with E-state index in [1.807, 2.05) is 20.8 Å². The minimum absolute atomic E-state index is 0.125. The van der Waals surface area contributed by atoms with E-state index in [1.54, 1.807) is 42.2 Å². The normalized spacial score (nSPS) is 17.4. The Morgan fingerprint density at radius 1 is 1.22 bits per heavy atom. The molecule has 1 fully saturated rings. The van der Waals surface area contributed by atoms with Crippen LogP contribution in [-0.4, -0.2) is 38.2 Å². The summed E-state index contributed by atoms with van der Waals surface area (Å²) >= 11 is 6.02. The van der Waals surface area contributed by atoms with Gasteiger partial charge in [-0.2, -0.15) is 5.10 Å². The van der Waals surface area contributed by atoms with Crippen molar-refractivity contribution in [3.8, 4) is 5.75 Å². The molecule has 0 radical (unpaired) electrons. The second kappa shape index (κ2) is 9.90. The number of benzene rings is 1. The summed E-state index contributed by atoms with van der Waals surface area (Å²) in [5.41, 5.74) is -1.29. The maximum absolute atomic E-state index is 13.6. The van der Waals surface area contributed by atoms with Crippen LogP contribution in [-0.2, 0) is 9.59 Å². The predicted octanol–water partition coefficient (Wildman–Crippen LogP) is 3.88. The highest BCUT2D eigenvalue weighted by Gasteiger charge is 2.46. The van der Waals surface area contributed by atoms with Gasteiger partial charge in [-0.1, -0.05) is 52.1 Å². The first-order valence-corrected chi connectivity index (χ1v) is 11.4. The van der Waals surface area contributed by atoms with Crippen LogP contribution in [0.2, 0.25) is 5.02 Å². The molecule has 2 atom stereocenters. The van der Waals surface area contributed by atoms with Crippen molar-refractivity contribution in [2.24, 2.45) is 5.41 Å². The maximum Gasteiger partial charge on any atom is 0.246 e. The van der Waals surface area contributed by atoms with E-state index < -0.39 is 23.2 Å². The summed E-state index contributed by atoms with van der Waals surface area (Å²) in [5.74, 6) is 0.273. The van der Waals surface area contributed by atoms with Gasteiger partial charge in [-0.25, -0.2) is 9.67 Å². The number of nitrogens with one attached hydrogen (secondary N) is 2. The third kappa shape index (κ3) is 5.59. The van der Waals surface area contributed by atoms with Crippen molar-refractivity contribution in [1.29, 1.82) is 0 Å². The highest BCUT2D eigenvalue weighted by atomic mass is 35.5. The molecule has 2 N–H and O–H groups in total. The zero-order valence-electron chi connectivity index (χ0n) is 19.1. The lowest BCUT2D eigenvalue weighted by Gasteiger charge is -2.40. The molecular weight excluding hydrogens is 430 g/mol. The zero-order chi connectivity index (χ0) is 23.4. The minimum Gasteiger partial charge on any atom is -0.466 e. The summed E-state index contributed by atoms with van der Waals surface area (Å²) in [6.07, 6.45) is 5.69. The number of hydrogen-bond donors (Lipinski definition) is 2. The summed E-state index contributed by atoms with van der Waals surface area (Å²) < 4.78 is 7.90. The van der Waals surface area contributed by atoms with Crippen LogP contribution in [0.25, 0.3) is 0 Å². The van der Waals surface area contributed by atoms with Crippen molar-refractivity contribution < 1.29 is 14.3 Å². The number of nitrogens with zero attached hydrogens (tertiary/aromatic N) is 3. The molecule has 0 saturated heterocycles. The Morgan fingerprint density at radius 3 is 2.41 bits per heavy atom. The summed E-state index contributed by atoms with van der Waals surface area (Å²) in [6.45, 7) is 7.87. The molecule has 1 saturated carbocycles. The number of ether oxygens (including phenoxy) is 1. The quantitative estimate of drug-likeness (QED) is 0.621. The number of aromatic nitrogens is 3. The van der Waals surface area contributed by atoms with Gasteiger partial charge in [0.1, 0.15) is 23.9 Å². The molecule has 32 heavy (non-hydrogen) atoms. The second-order valence-electron chi connectivity index (χ2n) is 9.35. The molecule has 2 amide bonds. The van der Waals surface area contributed by atoms with Gasteiger partial charge in [-0.15, -0.1) is 0 Å². The third-order valence-electron chi connectivity index (χ3n) is 5.86. The smallest absolute Gasteiger partial charge is 0.246 e. The molecule has 9 heteroatoms. The SMILES string of the molecule is CCC(=O)NC1(C(=O)NC(C(Oc2ccc(Cl)cc2)n2cncn2)C(C)(C)C)CCCC1. The predicted molar refractivity (Wildman–Crippen MR) is 122 cm³/mol. The topological polar surface area (TPSA) is 98.1 Å². The number of amides is 2. The fraction of sp³-hybridized carbons (Fsp3) is 0.565. The zero-order valence-corrected chi connectivity index (χ0v) is 19.9. The van der Waals surface area contributed by atoms with Crippen LogP contribution in [0.3, 0.4) is 0 Å². The first-order valence-electron chi connectivity index (χ1n) is 11.0. The molecule has 1 aliphatic carbocycles. The van der Waals surface area contributed by atoms with Gasteiger partial charge >= 0.3 is 0 Å². The van der Waals surface area contributed by atoms with Gasteiger partial charge in [-0.3, -0.25) is 9.59 Å². The van der Waals surface area contributed by atoms with Gasteiger partial charge < -0.3 is 15.4 Å². The standard InChI is InChI=1S/C23H32ClN5O3/c1-5-18(30)28-23(12-6-7-13-23)21(31)27-19(22(2,3)4)20(29-15-25-14-26-29)32-17-10-8-16(24)9-11-17/h8-11,14-15,19-20H,5-7,12-13H2,1-4H3,(H,27,31)(H,28,30). The largest absolute Gasteiger partial charge is 0.466 e. The highest BCUT2D eigenvalue weighted by molar-refractivity contribution is 6.30. The summed E-state index contributed by atoms with van der Waals surface area (Å²) in [5, 5.41) is 11.1. The Balaban J connectivity index is 1.92. The molecule has 3 rings (SSSR count). The van der Waals surface area contributed by atoms with Gasteiger partial charge in [-0.05, 0) is 42.5 Å². The molecule has 1 aromatic heterocycles. The number of carbonyl (C=O) groups is 2. The molecule has 0 aliphatic heterocycles. The van der Waals surface area contributed by atoms with Crippen LogP contribution in [0.4, 0.5) is 0 Å². The van der Waals surface area contributed by atoms with Crippen LogP contribution in [0.5, 0.6) is 5.75 Å². The number of halogens is 1. The average Bonchev–Trinajstić information content (AvgIpc) is 3.44. The fourth-order valence-corrected chi connectivity index (χ4v) is 4.14. The second-order valence-corrected chi connectivity index (χ2v) is 9.78. The van der Waals surface area contributed by atoms with Crippen LogP contribution in [0.15, 0.2) is 36.9 Å². The Bertz CT molecular complexity index is 903. The highest BCUT2D eigenvalue weighted by Crippen LogP contribution is 2.34. The Kier molecular flexibility index (Phi) is 7.44. The van der Waals surface area contributed by atoms with Crippen molar-refractivity contribution in [2.75, 3.05) is 0 Å². The Morgan fingerprint density at radius 2 is 1.88 bits per heavy atom. The van der Waals surface area contributed by atoms with Gasteiger partial charge in [0.15, 0.2) is 0 Å². The van der Waals surface area contributed by atoms with E-state index in [1.165, 1.54) is 6.33 Å². The van der Waals surface area contributed by atoms with Crippen molar-refractivity contribution >= 4 is 23.4 Å². The maximum atomic E-state index is 13.6. The fourth-order valence-electron chi connectivity index (χ4n) is 4.01. The van der Waals surface area contributed by atoms with Gasteiger partial charge in [0, 0.05) is 11.4 Å². The van der Waals surface area contributed by atoms with E-state index in [0.717, 1.165) is 12.8 Å². The minimum atomic E-state index is -0.899. The van der Waals surface area contributed by atoms with Crippen molar-refractivity contribution in [3.05, 3.63) is 41.9 Å². The lowest BCUT2D eigenvalue weighted by Crippen LogP contribution is -2.62. The monoisotopic (exact) mass is 461 g/mol. The molecule has 2 aromatic rings. The van der Waals surface area contributed by atoms with Crippen LogP contribution in [0, 0.1) is 5.41 Å². The van der Waals surface area contributed by atoms with Crippen molar-refractivity contribution in [2.45, 2.75) is 77.6 Å². The van der Waals surface area contributed by atoms with Gasteiger partial charge in [0.05, 0.1) is 6.04 Å².